The van der Waals surface area contributed by atoms with Gasteiger partial charge >= 0.3 is 0 Å². The minimum atomic E-state index is -0.678. The van der Waals surface area contributed by atoms with Crippen molar-refractivity contribution < 1.29 is 18.3 Å². The maximum absolute atomic E-state index is 14.3. The van der Waals surface area contributed by atoms with Gasteiger partial charge in [0, 0.05) is 18.1 Å². The number of hydrogen-bond donors (Lipinski definition) is 0. The van der Waals surface area contributed by atoms with Crippen molar-refractivity contribution in [1.82, 2.24) is 4.57 Å². The standard InChI is InChI=1S/C25H22F2N2O2S/c1-30-20-8-6-16-11-18(5-4-17(16)12-20)24-15-32-25(29(24)14-21-3-2-10-31-21)28-23-9-7-19(26)13-22(23)27/h4-9,11-13,15,21H,2-3,10,14H2,1H3. The molecule has 0 saturated carbocycles. The minimum Gasteiger partial charge on any atom is -0.497 e. The Labute approximate surface area is 188 Å². The Morgan fingerprint density at radius 1 is 1.09 bits per heavy atom. The molecule has 1 atom stereocenters. The second-order valence-corrected chi connectivity index (χ2v) is 8.62. The van der Waals surface area contributed by atoms with Gasteiger partial charge in [-0.1, -0.05) is 18.2 Å². The van der Waals surface area contributed by atoms with Crippen LogP contribution in [0.5, 0.6) is 5.75 Å². The fourth-order valence-corrected chi connectivity index (χ4v) is 4.93. The monoisotopic (exact) mass is 452 g/mol. The molecule has 32 heavy (non-hydrogen) atoms. The second-order valence-electron chi connectivity index (χ2n) is 7.78. The van der Waals surface area contributed by atoms with Crippen molar-refractivity contribution in [3.8, 4) is 17.0 Å². The molecule has 7 heteroatoms. The van der Waals surface area contributed by atoms with Crippen LogP contribution in [0.4, 0.5) is 14.5 Å². The highest BCUT2D eigenvalue weighted by Crippen LogP contribution is 2.29. The van der Waals surface area contributed by atoms with Crippen molar-refractivity contribution in [2.45, 2.75) is 25.5 Å². The van der Waals surface area contributed by atoms with E-state index in [0.717, 1.165) is 53.3 Å². The fourth-order valence-electron chi connectivity index (χ4n) is 4.00. The van der Waals surface area contributed by atoms with Crippen molar-refractivity contribution in [2.24, 2.45) is 4.99 Å². The smallest absolute Gasteiger partial charge is 0.190 e. The van der Waals surface area contributed by atoms with Crippen molar-refractivity contribution in [3.63, 3.8) is 0 Å². The molecule has 0 spiro atoms. The number of fused-ring (bicyclic) bond motifs is 1. The zero-order valence-electron chi connectivity index (χ0n) is 17.6. The van der Waals surface area contributed by atoms with E-state index in [2.05, 4.69) is 27.8 Å². The fraction of sp³-hybridized carbons (Fsp3) is 0.240. The number of benzene rings is 3. The minimum absolute atomic E-state index is 0.0880. The highest BCUT2D eigenvalue weighted by atomic mass is 32.1. The largest absolute Gasteiger partial charge is 0.497 e. The van der Waals surface area contributed by atoms with Crippen molar-refractivity contribution in [1.29, 1.82) is 0 Å². The molecule has 3 aromatic carbocycles. The highest BCUT2D eigenvalue weighted by molar-refractivity contribution is 7.07. The van der Waals surface area contributed by atoms with Crippen LogP contribution in [0.15, 0.2) is 65.0 Å². The summed E-state index contributed by atoms with van der Waals surface area (Å²) >= 11 is 1.43. The van der Waals surface area contributed by atoms with E-state index in [1.54, 1.807) is 7.11 Å². The number of methoxy groups -OCH3 is 1. The summed E-state index contributed by atoms with van der Waals surface area (Å²) in [5.41, 5.74) is 2.15. The Balaban J connectivity index is 1.61. The molecule has 4 aromatic rings. The molecule has 1 aliphatic heterocycles. The second kappa shape index (κ2) is 8.84. The van der Waals surface area contributed by atoms with Gasteiger partial charge in [-0.05, 0) is 59.5 Å². The van der Waals surface area contributed by atoms with E-state index in [-0.39, 0.29) is 11.8 Å². The maximum Gasteiger partial charge on any atom is 0.190 e. The van der Waals surface area contributed by atoms with Crippen LogP contribution in [-0.2, 0) is 11.3 Å². The van der Waals surface area contributed by atoms with E-state index in [4.69, 9.17) is 9.47 Å². The average molecular weight is 453 g/mol. The van der Waals surface area contributed by atoms with E-state index < -0.39 is 11.6 Å². The normalized spacial score (nSPS) is 16.7. The van der Waals surface area contributed by atoms with Gasteiger partial charge in [-0.25, -0.2) is 13.8 Å². The van der Waals surface area contributed by atoms with Gasteiger partial charge in [0.05, 0.1) is 25.5 Å². The quantitative estimate of drug-likeness (QED) is 0.369. The predicted octanol–water partition coefficient (Wildman–Crippen LogP) is 6.07. The van der Waals surface area contributed by atoms with Crippen LogP contribution >= 0.6 is 11.3 Å². The molecule has 1 aliphatic rings. The molecule has 164 valence electrons. The third-order valence-electron chi connectivity index (χ3n) is 5.68. The summed E-state index contributed by atoms with van der Waals surface area (Å²) in [6.45, 7) is 1.38. The third-order valence-corrected chi connectivity index (χ3v) is 6.54. The van der Waals surface area contributed by atoms with E-state index >= 15 is 0 Å². The molecule has 1 aromatic heterocycles. The van der Waals surface area contributed by atoms with Gasteiger partial charge in [0.25, 0.3) is 0 Å². The van der Waals surface area contributed by atoms with Gasteiger partial charge < -0.3 is 14.0 Å². The first-order valence-electron chi connectivity index (χ1n) is 10.5. The van der Waals surface area contributed by atoms with E-state index in [9.17, 15) is 8.78 Å². The Morgan fingerprint density at radius 2 is 1.94 bits per heavy atom. The number of hydrogen-bond acceptors (Lipinski definition) is 4. The topological polar surface area (TPSA) is 35.8 Å². The van der Waals surface area contributed by atoms with Gasteiger partial charge in [-0.15, -0.1) is 11.3 Å². The summed E-state index contributed by atoms with van der Waals surface area (Å²) in [5, 5.41) is 4.22. The first-order valence-corrected chi connectivity index (χ1v) is 11.4. The van der Waals surface area contributed by atoms with Crippen LogP contribution < -0.4 is 9.54 Å². The lowest BCUT2D eigenvalue weighted by atomic mass is 10.0. The number of aromatic nitrogens is 1. The third kappa shape index (κ3) is 4.18. The number of halogens is 2. The van der Waals surface area contributed by atoms with Crippen LogP contribution in [0.3, 0.4) is 0 Å². The highest BCUT2D eigenvalue weighted by Gasteiger charge is 2.19. The molecule has 0 aliphatic carbocycles. The number of nitrogens with zero attached hydrogens (tertiary/aromatic N) is 2. The lowest BCUT2D eigenvalue weighted by molar-refractivity contribution is 0.0968. The molecular formula is C25H22F2N2O2S. The van der Waals surface area contributed by atoms with Gasteiger partial charge in [0.15, 0.2) is 10.6 Å². The molecule has 0 amide bonds. The molecule has 1 saturated heterocycles. The van der Waals surface area contributed by atoms with Crippen molar-refractivity contribution >= 4 is 27.8 Å². The molecule has 5 rings (SSSR count). The summed E-state index contributed by atoms with van der Waals surface area (Å²) in [6.07, 6.45) is 2.09. The first-order chi connectivity index (χ1) is 15.6. The lowest BCUT2D eigenvalue weighted by Gasteiger charge is -2.14. The van der Waals surface area contributed by atoms with Crippen LogP contribution in [0.25, 0.3) is 22.0 Å². The van der Waals surface area contributed by atoms with E-state index in [0.29, 0.717) is 11.3 Å². The Bertz CT molecular complexity index is 1340. The van der Waals surface area contributed by atoms with E-state index in [1.807, 2.05) is 23.6 Å². The van der Waals surface area contributed by atoms with Crippen LogP contribution in [0, 0.1) is 11.6 Å². The predicted molar refractivity (Wildman–Crippen MR) is 122 cm³/mol. The van der Waals surface area contributed by atoms with Crippen LogP contribution in [-0.4, -0.2) is 24.4 Å². The maximum atomic E-state index is 14.3. The molecule has 0 radical (unpaired) electrons. The molecule has 2 heterocycles. The van der Waals surface area contributed by atoms with Crippen molar-refractivity contribution in [2.75, 3.05) is 13.7 Å². The summed E-state index contributed by atoms with van der Waals surface area (Å²) in [4.78, 5) is 5.17. The van der Waals surface area contributed by atoms with Gasteiger partial charge in [-0.2, -0.15) is 0 Å². The zero-order valence-corrected chi connectivity index (χ0v) is 18.4. The Morgan fingerprint density at radius 3 is 2.72 bits per heavy atom. The van der Waals surface area contributed by atoms with Gasteiger partial charge in [-0.3, -0.25) is 0 Å². The van der Waals surface area contributed by atoms with Crippen LogP contribution in [0.2, 0.25) is 0 Å². The zero-order chi connectivity index (χ0) is 22.1. The molecular weight excluding hydrogens is 430 g/mol. The first kappa shape index (κ1) is 20.8. The lowest BCUT2D eigenvalue weighted by Crippen LogP contribution is -2.24. The molecule has 4 nitrogen and oxygen atoms in total. The number of ether oxygens (including phenoxy) is 2. The SMILES string of the molecule is COc1ccc2cc(-c3csc(=Nc4ccc(F)cc4F)n3CC3CCCO3)ccc2c1. The summed E-state index contributed by atoms with van der Waals surface area (Å²) < 4.78 is 40.9. The van der Waals surface area contributed by atoms with E-state index in [1.165, 1.54) is 23.5 Å². The molecule has 0 N–H and O–H groups in total. The summed E-state index contributed by atoms with van der Waals surface area (Å²) in [7, 11) is 1.66. The van der Waals surface area contributed by atoms with Crippen molar-refractivity contribution in [3.05, 3.63) is 76.4 Å². The number of thiazole rings is 1. The average Bonchev–Trinajstić information content (AvgIpc) is 3.45. The molecule has 1 fully saturated rings. The Kier molecular flexibility index (Phi) is 5.76. The van der Waals surface area contributed by atoms with Crippen LogP contribution in [0.1, 0.15) is 12.8 Å². The van der Waals surface area contributed by atoms with Gasteiger partial charge in [0.2, 0.25) is 0 Å². The molecule has 0 bridgehead atoms. The summed E-state index contributed by atoms with van der Waals surface area (Å²) in [6, 6.07) is 15.7. The summed E-state index contributed by atoms with van der Waals surface area (Å²) in [5.74, 6) is -0.478. The van der Waals surface area contributed by atoms with Gasteiger partial charge in [0.1, 0.15) is 17.3 Å². The number of rotatable bonds is 5. The Hall–Kier alpha value is -3.03. The molecule has 1 unspecified atom stereocenters.